The lowest BCUT2D eigenvalue weighted by molar-refractivity contribution is 0.210. The van der Waals surface area contributed by atoms with Gasteiger partial charge < -0.3 is 16.4 Å². The largest absolute Gasteiger partial charge is 0.369 e. The highest BCUT2D eigenvalue weighted by atomic mass is 79.9. The van der Waals surface area contributed by atoms with Crippen molar-refractivity contribution in [3.63, 3.8) is 0 Å². The van der Waals surface area contributed by atoms with Gasteiger partial charge in [-0.15, -0.1) is 0 Å². The van der Waals surface area contributed by atoms with Gasteiger partial charge in [-0.05, 0) is 47.5 Å². The van der Waals surface area contributed by atoms with Crippen molar-refractivity contribution >= 4 is 27.8 Å². The number of rotatable bonds is 2. The minimum atomic E-state index is -0.587. The van der Waals surface area contributed by atoms with Crippen molar-refractivity contribution in [2.24, 2.45) is 21.5 Å². The van der Waals surface area contributed by atoms with Crippen LogP contribution in [-0.2, 0) is 6.54 Å². The lowest BCUT2D eigenvalue weighted by Crippen LogP contribution is -2.53. The van der Waals surface area contributed by atoms with Gasteiger partial charge in [0.05, 0.1) is 4.47 Å². The summed E-state index contributed by atoms with van der Waals surface area (Å²) >= 11 is 3.16. The van der Waals surface area contributed by atoms with Crippen LogP contribution in [0.15, 0.2) is 32.7 Å². The van der Waals surface area contributed by atoms with Crippen LogP contribution in [0, 0.1) is 5.82 Å². The highest BCUT2D eigenvalue weighted by Gasteiger charge is 2.31. The summed E-state index contributed by atoms with van der Waals surface area (Å²) in [7, 11) is 0. The van der Waals surface area contributed by atoms with Crippen LogP contribution in [0.1, 0.15) is 19.4 Å². The predicted octanol–water partition coefficient (Wildman–Crippen LogP) is 1.77. The summed E-state index contributed by atoms with van der Waals surface area (Å²) in [6.07, 6.45) is 0. The lowest BCUT2D eigenvalue weighted by Gasteiger charge is -2.38. The highest BCUT2D eigenvalue weighted by molar-refractivity contribution is 9.10. The first-order chi connectivity index (χ1) is 8.79. The number of halogens is 2. The molecule has 1 aliphatic rings. The molecular weight excluding hydrogens is 313 g/mol. The normalized spacial score (nSPS) is 18.0. The topological polar surface area (TPSA) is 80.0 Å². The number of nitrogens with zero attached hydrogens (tertiary/aromatic N) is 3. The van der Waals surface area contributed by atoms with Crippen molar-refractivity contribution in [1.29, 1.82) is 0 Å². The zero-order valence-electron chi connectivity index (χ0n) is 10.7. The molecule has 7 heteroatoms. The molecule has 0 aromatic heterocycles. The number of hydrogen-bond donors (Lipinski definition) is 2. The molecule has 5 nitrogen and oxygen atoms in total. The Hall–Kier alpha value is -1.63. The average Bonchev–Trinajstić information content (AvgIpc) is 2.27. The van der Waals surface area contributed by atoms with Crippen LogP contribution in [0.3, 0.4) is 0 Å². The Labute approximate surface area is 119 Å². The van der Waals surface area contributed by atoms with E-state index in [2.05, 4.69) is 25.9 Å². The molecule has 0 aliphatic carbocycles. The van der Waals surface area contributed by atoms with Crippen LogP contribution in [-0.4, -0.2) is 22.5 Å². The Morgan fingerprint density at radius 2 is 2.05 bits per heavy atom. The zero-order chi connectivity index (χ0) is 14.2. The third-order valence-electron chi connectivity index (χ3n) is 2.88. The number of guanidine groups is 2. The van der Waals surface area contributed by atoms with Gasteiger partial charge in [-0.2, -0.15) is 4.99 Å². The van der Waals surface area contributed by atoms with Gasteiger partial charge in [0.15, 0.2) is 0 Å². The fourth-order valence-electron chi connectivity index (χ4n) is 1.92. The minimum Gasteiger partial charge on any atom is -0.369 e. The van der Waals surface area contributed by atoms with E-state index in [0.717, 1.165) is 5.56 Å². The van der Waals surface area contributed by atoms with Gasteiger partial charge in [-0.25, -0.2) is 9.38 Å². The first kappa shape index (κ1) is 13.8. The number of aliphatic imine (C=N–C) groups is 2. The van der Waals surface area contributed by atoms with Crippen molar-refractivity contribution in [1.82, 2.24) is 4.90 Å². The molecule has 19 heavy (non-hydrogen) atoms. The second kappa shape index (κ2) is 4.80. The standard InChI is InChI=1S/C12H15BrFN5/c1-12(2)18-10(15)17-11(16)19(12)6-7-3-4-9(14)8(13)5-7/h3-5H,6H2,1-2H3,(H4,15,16,17,18). The van der Waals surface area contributed by atoms with E-state index in [4.69, 9.17) is 11.5 Å². The van der Waals surface area contributed by atoms with Gasteiger partial charge >= 0.3 is 0 Å². The van der Waals surface area contributed by atoms with Crippen LogP contribution in [0.4, 0.5) is 4.39 Å². The molecular formula is C12H15BrFN5. The summed E-state index contributed by atoms with van der Waals surface area (Å²) in [5.41, 5.74) is 11.8. The van der Waals surface area contributed by atoms with Crippen LogP contribution in [0.5, 0.6) is 0 Å². The average molecular weight is 328 g/mol. The van der Waals surface area contributed by atoms with Gasteiger partial charge in [-0.1, -0.05) is 6.07 Å². The molecule has 4 N–H and O–H groups in total. The van der Waals surface area contributed by atoms with Crippen molar-refractivity contribution in [2.45, 2.75) is 26.1 Å². The van der Waals surface area contributed by atoms with Gasteiger partial charge in [0.2, 0.25) is 11.9 Å². The van der Waals surface area contributed by atoms with Crippen LogP contribution in [0.2, 0.25) is 0 Å². The van der Waals surface area contributed by atoms with E-state index in [0.29, 0.717) is 17.0 Å². The van der Waals surface area contributed by atoms with Crippen molar-refractivity contribution in [2.75, 3.05) is 0 Å². The Balaban J connectivity index is 2.27. The molecule has 0 amide bonds. The van der Waals surface area contributed by atoms with Gasteiger partial charge in [0, 0.05) is 6.54 Å². The fourth-order valence-corrected chi connectivity index (χ4v) is 2.34. The maximum atomic E-state index is 13.2. The molecule has 1 aromatic rings. The van der Waals surface area contributed by atoms with Crippen LogP contribution >= 0.6 is 15.9 Å². The second-order valence-electron chi connectivity index (χ2n) is 4.77. The molecule has 1 aromatic carbocycles. The monoisotopic (exact) mass is 327 g/mol. The maximum Gasteiger partial charge on any atom is 0.220 e. The number of benzene rings is 1. The van der Waals surface area contributed by atoms with Crippen LogP contribution in [0.25, 0.3) is 0 Å². The smallest absolute Gasteiger partial charge is 0.220 e. The fraction of sp³-hybridized carbons (Fsp3) is 0.333. The third kappa shape index (κ3) is 2.86. The first-order valence-corrected chi connectivity index (χ1v) is 6.50. The van der Waals surface area contributed by atoms with Crippen molar-refractivity contribution in [3.05, 3.63) is 34.1 Å². The number of hydrogen-bond acceptors (Lipinski definition) is 5. The molecule has 0 radical (unpaired) electrons. The van der Waals surface area contributed by atoms with Gasteiger partial charge in [-0.3, -0.25) is 0 Å². The summed E-state index contributed by atoms with van der Waals surface area (Å²) in [5, 5.41) is 0. The SMILES string of the molecule is CC1(C)N=C(N)N=C(N)N1Cc1ccc(F)c(Br)c1. The molecule has 1 heterocycles. The van der Waals surface area contributed by atoms with Gasteiger partial charge in [0.1, 0.15) is 11.5 Å². The maximum absolute atomic E-state index is 13.2. The lowest BCUT2D eigenvalue weighted by atomic mass is 10.1. The molecule has 0 bridgehead atoms. The van der Waals surface area contributed by atoms with Crippen molar-refractivity contribution in [3.8, 4) is 0 Å². The molecule has 0 saturated carbocycles. The van der Waals surface area contributed by atoms with E-state index in [1.807, 2.05) is 18.7 Å². The van der Waals surface area contributed by atoms with Crippen molar-refractivity contribution < 1.29 is 4.39 Å². The summed E-state index contributed by atoms with van der Waals surface area (Å²) in [5.74, 6) is 0.169. The molecule has 1 aliphatic heterocycles. The van der Waals surface area contributed by atoms with E-state index in [-0.39, 0.29) is 11.8 Å². The molecule has 102 valence electrons. The second-order valence-corrected chi connectivity index (χ2v) is 5.62. The Morgan fingerprint density at radius 3 is 2.63 bits per heavy atom. The summed E-state index contributed by atoms with van der Waals surface area (Å²) in [6, 6.07) is 4.81. The summed E-state index contributed by atoms with van der Waals surface area (Å²) < 4.78 is 13.6. The number of nitrogens with two attached hydrogens (primary N) is 2. The van der Waals surface area contributed by atoms with E-state index in [1.54, 1.807) is 12.1 Å². The summed E-state index contributed by atoms with van der Waals surface area (Å²) in [4.78, 5) is 10.0. The Morgan fingerprint density at radius 1 is 1.37 bits per heavy atom. The van der Waals surface area contributed by atoms with E-state index in [9.17, 15) is 4.39 Å². The molecule has 0 saturated heterocycles. The molecule has 0 atom stereocenters. The minimum absolute atomic E-state index is 0.166. The Bertz CT molecular complexity index is 567. The molecule has 2 rings (SSSR count). The zero-order valence-corrected chi connectivity index (χ0v) is 12.3. The van der Waals surface area contributed by atoms with E-state index in [1.165, 1.54) is 6.07 Å². The van der Waals surface area contributed by atoms with Gasteiger partial charge in [0.25, 0.3) is 0 Å². The predicted molar refractivity (Wildman–Crippen MR) is 77.0 cm³/mol. The first-order valence-electron chi connectivity index (χ1n) is 5.70. The van der Waals surface area contributed by atoms with E-state index >= 15 is 0 Å². The van der Waals surface area contributed by atoms with Crippen LogP contribution < -0.4 is 11.5 Å². The molecule has 0 fully saturated rings. The summed E-state index contributed by atoms with van der Waals surface area (Å²) in [6.45, 7) is 4.25. The third-order valence-corrected chi connectivity index (χ3v) is 3.49. The Kier molecular flexibility index (Phi) is 3.49. The molecule has 0 unspecified atom stereocenters. The molecule has 0 spiro atoms. The van der Waals surface area contributed by atoms with E-state index < -0.39 is 5.66 Å². The highest BCUT2D eigenvalue weighted by Crippen LogP contribution is 2.24. The quantitative estimate of drug-likeness (QED) is 0.868.